The Labute approximate surface area is 79.1 Å². The standard InChI is InChI=1S/C10H20F2O/c1-3-9(8-13)6-4-5-7-10(2,11)12/h9,13H,3-8H2,1-2H3. The van der Waals surface area contributed by atoms with Gasteiger partial charge in [0.1, 0.15) is 0 Å². The van der Waals surface area contributed by atoms with Gasteiger partial charge in [0.25, 0.3) is 0 Å². The summed E-state index contributed by atoms with van der Waals surface area (Å²) in [6.07, 6.45) is 3.11. The van der Waals surface area contributed by atoms with Gasteiger partial charge in [-0.1, -0.05) is 19.8 Å². The van der Waals surface area contributed by atoms with Crippen LogP contribution in [0.1, 0.15) is 46.0 Å². The third-order valence-corrected chi connectivity index (χ3v) is 2.31. The fraction of sp³-hybridized carbons (Fsp3) is 1.00. The molecule has 0 rings (SSSR count). The van der Waals surface area contributed by atoms with Gasteiger partial charge in [0.2, 0.25) is 5.92 Å². The Morgan fingerprint density at radius 3 is 2.31 bits per heavy atom. The predicted molar refractivity (Wildman–Crippen MR) is 50.0 cm³/mol. The molecule has 0 aromatic rings. The smallest absolute Gasteiger partial charge is 0.245 e. The predicted octanol–water partition coefficient (Wildman–Crippen LogP) is 3.22. The molecule has 1 N–H and O–H groups in total. The van der Waals surface area contributed by atoms with E-state index in [1.54, 1.807) is 0 Å². The molecule has 0 aliphatic carbocycles. The Morgan fingerprint density at radius 2 is 1.92 bits per heavy atom. The van der Waals surface area contributed by atoms with E-state index in [2.05, 4.69) is 0 Å². The van der Waals surface area contributed by atoms with Gasteiger partial charge in [-0.15, -0.1) is 0 Å². The lowest BCUT2D eigenvalue weighted by Crippen LogP contribution is -2.10. The highest BCUT2D eigenvalue weighted by molar-refractivity contribution is 4.60. The van der Waals surface area contributed by atoms with Gasteiger partial charge in [0.15, 0.2) is 0 Å². The number of rotatable bonds is 7. The molecule has 0 radical (unpaired) electrons. The molecule has 0 bridgehead atoms. The molecule has 0 aliphatic rings. The average Bonchev–Trinajstić information content (AvgIpc) is 2.03. The number of hydrogen-bond acceptors (Lipinski definition) is 1. The van der Waals surface area contributed by atoms with Crippen molar-refractivity contribution in [2.75, 3.05) is 6.61 Å². The number of aliphatic hydroxyl groups excluding tert-OH is 1. The molecule has 1 nitrogen and oxygen atoms in total. The van der Waals surface area contributed by atoms with Crippen LogP contribution in [0.5, 0.6) is 0 Å². The van der Waals surface area contributed by atoms with Crippen molar-refractivity contribution >= 4 is 0 Å². The van der Waals surface area contributed by atoms with Gasteiger partial charge in [0.05, 0.1) is 0 Å². The number of halogens is 2. The Hall–Kier alpha value is -0.180. The normalized spacial score (nSPS) is 14.5. The first kappa shape index (κ1) is 12.8. The van der Waals surface area contributed by atoms with Gasteiger partial charge in [0, 0.05) is 13.0 Å². The van der Waals surface area contributed by atoms with Crippen LogP contribution in [0.15, 0.2) is 0 Å². The lowest BCUT2D eigenvalue weighted by Gasteiger charge is -2.12. The highest BCUT2D eigenvalue weighted by Gasteiger charge is 2.19. The van der Waals surface area contributed by atoms with Gasteiger partial charge in [-0.05, 0) is 25.7 Å². The molecule has 0 heterocycles. The van der Waals surface area contributed by atoms with Gasteiger partial charge in [-0.2, -0.15) is 0 Å². The van der Waals surface area contributed by atoms with Crippen molar-refractivity contribution in [3.63, 3.8) is 0 Å². The zero-order valence-electron chi connectivity index (χ0n) is 8.52. The van der Waals surface area contributed by atoms with Crippen molar-refractivity contribution in [3.05, 3.63) is 0 Å². The van der Waals surface area contributed by atoms with Crippen LogP contribution in [-0.2, 0) is 0 Å². The molecule has 0 amide bonds. The zero-order chi connectivity index (χ0) is 10.3. The van der Waals surface area contributed by atoms with Crippen LogP contribution in [0.4, 0.5) is 8.78 Å². The molecule has 1 atom stereocenters. The van der Waals surface area contributed by atoms with Crippen LogP contribution in [0.2, 0.25) is 0 Å². The largest absolute Gasteiger partial charge is 0.396 e. The summed E-state index contributed by atoms with van der Waals surface area (Å²) in [6, 6.07) is 0. The summed E-state index contributed by atoms with van der Waals surface area (Å²) in [5, 5.41) is 8.84. The minimum atomic E-state index is -2.53. The zero-order valence-corrected chi connectivity index (χ0v) is 8.52. The van der Waals surface area contributed by atoms with Crippen molar-refractivity contribution in [1.29, 1.82) is 0 Å². The summed E-state index contributed by atoms with van der Waals surface area (Å²) in [6.45, 7) is 3.14. The van der Waals surface area contributed by atoms with Crippen molar-refractivity contribution in [1.82, 2.24) is 0 Å². The SMILES string of the molecule is CCC(CO)CCCCC(C)(F)F. The number of alkyl halides is 2. The van der Waals surface area contributed by atoms with E-state index < -0.39 is 5.92 Å². The van der Waals surface area contributed by atoms with Crippen LogP contribution >= 0.6 is 0 Å². The fourth-order valence-corrected chi connectivity index (χ4v) is 1.29. The third kappa shape index (κ3) is 8.16. The van der Waals surface area contributed by atoms with Crippen LogP contribution < -0.4 is 0 Å². The molecule has 13 heavy (non-hydrogen) atoms. The van der Waals surface area contributed by atoms with E-state index in [-0.39, 0.29) is 13.0 Å². The summed E-state index contributed by atoms with van der Waals surface area (Å²) in [4.78, 5) is 0. The van der Waals surface area contributed by atoms with E-state index in [0.29, 0.717) is 12.3 Å². The van der Waals surface area contributed by atoms with E-state index >= 15 is 0 Å². The first-order valence-electron chi connectivity index (χ1n) is 4.98. The van der Waals surface area contributed by atoms with Crippen LogP contribution in [0.25, 0.3) is 0 Å². The van der Waals surface area contributed by atoms with Gasteiger partial charge >= 0.3 is 0 Å². The van der Waals surface area contributed by atoms with Crippen molar-refractivity contribution in [2.24, 2.45) is 5.92 Å². The van der Waals surface area contributed by atoms with E-state index in [9.17, 15) is 8.78 Å². The van der Waals surface area contributed by atoms with Gasteiger partial charge < -0.3 is 5.11 Å². The summed E-state index contributed by atoms with van der Waals surface area (Å²) in [7, 11) is 0. The Bertz CT molecular complexity index is 117. The minimum absolute atomic E-state index is 0.0329. The molecule has 0 saturated carbocycles. The van der Waals surface area contributed by atoms with Gasteiger partial charge in [-0.25, -0.2) is 8.78 Å². The van der Waals surface area contributed by atoms with Crippen LogP contribution in [0, 0.1) is 5.92 Å². The second-order valence-corrected chi connectivity index (χ2v) is 3.77. The number of aliphatic hydroxyl groups is 1. The number of hydrogen-bond donors (Lipinski definition) is 1. The Balaban J connectivity index is 3.34. The lowest BCUT2D eigenvalue weighted by atomic mass is 9.99. The summed E-state index contributed by atoms with van der Waals surface area (Å²) in [5.74, 6) is -2.23. The highest BCUT2D eigenvalue weighted by atomic mass is 19.3. The average molecular weight is 194 g/mol. The van der Waals surface area contributed by atoms with Crippen molar-refractivity contribution in [3.8, 4) is 0 Å². The van der Waals surface area contributed by atoms with Crippen LogP contribution in [-0.4, -0.2) is 17.6 Å². The molecule has 0 aromatic carbocycles. The van der Waals surface area contributed by atoms with E-state index in [0.717, 1.165) is 26.2 Å². The maximum absolute atomic E-state index is 12.4. The lowest BCUT2D eigenvalue weighted by molar-refractivity contribution is 0.00993. The molecule has 0 fully saturated rings. The Kier molecular flexibility index (Phi) is 6.21. The maximum atomic E-state index is 12.4. The van der Waals surface area contributed by atoms with E-state index in [4.69, 9.17) is 5.11 Å². The molecule has 80 valence electrons. The fourth-order valence-electron chi connectivity index (χ4n) is 1.29. The molecule has 3 heteroatoms. The summed E-state index contributed by atoms with van der Waals surface area (Å²) >= 11 is 0. The van der Waals surface area contributed by atoms with Crippen molar-refractivity contribution in [2.45, 2.75) is 51.9 Å². The van der Waals surface area contributed by atoms with E-state index in [1.807, 2.05) is 6.92 Å². The first-order chi connectivity index (χ1) is 5.99. The quantitative estimate of drug-likeness (QED) is 0.617. The summed E-state index contributed by atoms with van der Waals surface area (Å²) < 4.78 is 24.7. The minimum Gasteiger partial charge on any atom is -0.396 e. The number of unbranched alkanes of at least 4 members (excludes halogenated alkanes) is 1. The second kappa shape index (κ2) is 6.30. The molecular formula is C10H20F2O. The molecule has 0 aliphatic heterocycles. The maximum Gasteiger partial charge on any atom is 0.245 e. The van der Waals surface area contributed by atoms with E-state index in [1.165, 1.54) is 0 Å². The highest BCUT2D eigenvalue weighted by Crippen LogP contribution is 2.21. The third-order valence-electron chi connectivity index (χ3n) is 2.31. The first-order valence-corrected chi connectivity index (χ1v) is 4.98. The monoisotopic (exact) mass is 194 g/mol. The van der Waals surface area contributed by atoms with Crippen LogP contribution in [0.3, 0.4) is 0 Å². The van der Waals surface area contributed by atoms with Gasteiger partial charge in [-0.3, -0.25) is 0 Å². The molecule has 0 spiro atoms. The molecule has 1 unspecified atom stereocenters. The summed E-state index contributed by atoms with van der Waals surface area (Å²) in [5.41, 5.74) is 0. The second-order valence-electron chi connectivity index (χ2n) is 3.77. The van der Waals surface area contributed by atoms with Crippen molar-refractivity contribution < 1.29 is 13.9 Å². The topological polar surface area (TPSA) is 20.2 Å². The molecule has 0 saturated heterocycles. The molecule has 0 aromatic heterocycles. The molecular weight excluding hydrogens is 174 g/mol. The Morgan fingerprint density at radius 1 is 1.31 bits per heavy atom.